The number of phosphoric acid groups is 1. The van der Waals surface area contributed by atoms with Crippen LogP contribution in [0.15, 0.2) is 12.2 Å². The zero-order valence-corrected chi connectivity index (χ0v) is 43.9. The highest BCUT2D eigenvalue weighted by Gasteiger charge is 2.26. The Balaban J connectivity index is 3.95. The first kappa shape index (κ1) is 63.8. The van der Waals surface area contributed by atoms with E-state index in [1.807, 2.05) is 0 Å². The van der Waals surface area contributed by atoms with Gasteiger partial charge in [-0.25, -0.2) is 4.57 Å². The Hall–Kier alpha value is -1.25. The standard InChI is InChI=1S/C55H108NO8P/c1-3-5-7-9-11-13-15-17-19-21-23-25-26-28-30-32-34-36-38-40-42-44-46-48-55(58)64-53(52-63-65(59,60)62-50-49-56)51-61-54(57)47-45-43-41-39-37-35-33-31-29-27-24-22-20-18-16-14-12-10-8-6-4-2/h21,23,53H,3-20,22,24-52,56H2,1-2H3,(H,59,60)/b23-21-. The van der Waals surface area contributed by atoms with Crippen LogP contribution in [0.2, 0.25) is 0 Å². The van der Waals surface area contributed by atoms with Gasteiger partial charge in [0.2, 0.25) is 0 Å². The Morgan fingerprint density at radius 3 is 1.09 bits per heavy atom. The van der Waals surface area contributed by atoms with Crippen molar-refractivity contribution >= 4 is 19.8 Å². The molecule has 65 heavy (non-hydrogen) atoms. The summed E-state index contributed by atoms with van der Waals surface area (Å²) in [7, 11) is -4.38. The van der Waals surface area contributed by atoms with Gasteiger partial charge in [0.25, 0.3) is 0 Å². The molecule has 0 saturated carbocycles. The van der Waals surface area contributed by atoms with Gasteiger partial charge in [0, 0.05) is 19.4 Å². The first-order valence-electron chi connectivity index (χ1n) is 28.2. The van der Waals surface area contributed by atoms with E-state index in [1.54, 1.807) is 0 Å². The van der Waals surface area contributed by atoms with Gasteiger partial charge in [-0.2, -0.15) is 0 Å². The average molecular weight is 942 g/mol. The fraction of sp³-hybridized carbons (Fsp3) is 0.927. The third-order valence-corrected chi connectivity index (χ3v) is 13.6. The van der Waals surface area contributed by atoms with Gasteiger partial charge in [0.15, 0.2) is 6.10 Å². The monoisotopic (exact) mass is 942 g/mol. The van der Waals surface area contributed by atoms with Gasteiger partial charge >= 0.3 is 19.8 Å². The van der Waals surface area contributed by atoms with E-state index in [2.05, 4.69) is 26.0 Å². The molecule has 0 saturated heterocycles. The second kappa shape index (κ2) is 52.1. The number of phosphoric ester groups is 1. The minimum absolute atomic E-state index is 0.0568. The lowest BCUT2D eigenvalue weighted by atomic mass is 10.0. The van der Waals surface area contributed by atoms with E-state index in [4.69, 9.17) is 24.3 Å². The largest absolute Gasteiger partial charge is 0.472 e. The zero-order valence-electron chi connectivity index (χ0n) is 43.0. The number of nitrogens with two attached hydrogens (primary N) is 1. The highest BCUT2D eigenvalue weighted by atomic mass is 31.2. The van der Waals surface area contributed by atoms with E-state index in [-0.39, 0.29) is 38.6 Å². The van der Waals surface area contributed by atoms with Gasteiger partial charge in [0.1, 0.15) is 6.61 Å². The third-order valence-electron chi connectivity index (χ3n) is 12.7. The molecule has 0 rings (SSSR count). The van der Waals surface area contributed by atoms with Gasteiger partial charge in [-0.3, -0.25) is 18.6 Å². The van der Waals surface area contributed by atoms with Crippen molar-refractivity contribution in [3.63, 3.8) is 0 Å². The normalized spacial score (nSPS) is 13.1. The van der Waals surface area contributed by atoms with E-state index >= 15 is 0 Å². The molecule has 0 fully saturated rings. The first-order chi connectivity index (χ1) is 31.8. The van der Waals surface area contributed by atoms with Crippen LogP contribution in [0.5, 0.6) is 0 Å². The van der Waals surface area contributed by atoms with Crippen molar-refractivity contribution in [1.82, 2.24) is 0 Å². The predicted octanol–water partition coefficient (Wildman–Crippen LogP) is 17.3. The molecule has 0 bridgehead atoms. The molecule has 386 valence electrons. The molecule has 3 N–H and O–H groups in total. The minimum Gasteiger partial charge on any atom is -0.462 e. The van der Waals surface area contributed by atoms with Crippen LogP contribution in [0.1, 0.15) is 296 Å². The molecule has 0 aromatic rings. The van der Waals surface area contributed by atoms with E-state index in [0.29, 0.717) is 6.42 Å². The molecule has 0 heterocycles. The fourth-order valence-corrected chi connectivity index (χ4v) is 9.22. The molecular weight excluding hydrogens is 834 g/mol. The molecule has 0 aliphatic heterocycles. The molecule has 0 radical (unpaired) electrons. The fourth-order valence-electron chi connectivity index (χ4n) is 8.46. The predicted molar refractivity (Wildman–Crippen MR) is 275 cm³/mol. The number of carbonyl (C=O) groups excluding carboxylic acids is 2. The maximum Gasteiger partial charge on any atom is 0.472 e. The van der Waals surface area contributed by atoms with Crippen LogP contribution < -0.4 is 5.73 Å². The van der Waals surface area contributed by atoms with Crippen LogP contribution in [-0.2, 0) is 32.7 Å². The molecule has 10 heteroatoms. The van der Waals surface area contributed by atoms with Gasteiger partial charge in [0.05, 0.1) is 13.2 Å². The maximum absolute atomic E-state index is 12.7. The van der Waals surface area contributed by atoms with Gasteiger partial charge in [-0.1, -0.05) is 257 Å². The number of hydrogen-bond donors (Lipinski definition) is 2. The summed E-state index contributed by atoms with van der Waals surface area (Å²) in [5.74, 6) is -0.809. The number of rotatable bonds is 54. The molecule has 0 aromatic heterocycles. The Labute approximate surface area is 402 Å². The molecule has 2 unspecified atom stereocenters. The molecule has 2 atom stereocenters. The van der Waals surface area contributed by atoms with Gasteiger partial charge in [-0.05, 0) is 38.5 Å². The van der Waals surface area contributed by atoms with Crippen molar-refractivity contribution < 1.29 is 37.6 Å². The molecule has 0 amide bonds. The third kappa shape index (κ3) is 52.0. The van der Waals surface area contributed by atoms with E-state index < -0.39 is 26.5 Å². The highest BCUT2D eigenvalue weighted by Crippen LogP contribution is 2.43. The topological polar surface area (TPSA) is 134 Å². The van der Waals surface area contributed by atoms with Crippen molar-refractivity contribution in [1.29, 1.82) is 0 Å². The van der Waals surface area contributed by atoms with Crippen molar-refractivity contribution in [3.8, 4) is 0 Å². The van der Waals surface area contributed by atoms with Gasteiger partial charge in [-0.15, -0.1) is 0 Å². The maximum atomic E-state index is 12.7. The van der Waals surface area contributed by atoms with Crippen LogP contribution in [0.4, 0.5) is 0 Å². The van der Waals surface area contributed by atoms with Crippen molar-refractivity contribution in [3.05, 3.63) is 12.2 Å². The SMILES string of the molecule is CCCCCCCCCC/C=C\CCCCCCCCCCCCCC(=O)OC(COC(=O)CCCCCCCCCCCCCCCCCCCCCCC)COP(=O)(O)OCCN. The van der Waals surface area contributed by atoms with E-state index in [9.17, 15) is 19.0 Å². The van der Waals surface area contributed by atoms with Crippen LogP contribution in [-0.4, -0.2) is 49.3 Å². The number of ether oxygens (including phenoxy) is 2. The highest BCUT2D eigenvalue weighted by molar-refractivity contribution is 7.47. The number of carbonyl (C=O) groups is 2. The van der Waals surface area contributed by atoms with E-state index in [0.717, 1.165) is 32.1 Å². The average Bonchev–Trinajstić information content (AvgIpc) is 3.30. The molecular formula is C55H108NO8P. The Morgan fingerprint density at radius 1 is 0.446 bits per heavy atom. The van der Waals surface area contributed by atoms with Crippen LogP contribution >= 0.6 is 7.82 Å². The van der Waals surface area contributed by atoms with Crippen molar-refractivity contribution in [2.75, 3.05) is 26.4 Å². The summed E-state index contributed by atoms with van der Waals surface area (Å²) in [6, 6.07) is 0. The summed E-state index contributed by atoms with van der Waals surface area (Å²) in [6.45, 7) is 3.81. The smallest absolute Gasteiger partial charge is 0.462 e. The van der Waals surface area contributed by atoms with Crippen LogP contribution in [0, 0.1) is 0 Å². The number of allylic oxidation sites excluding steroid dienone is 2. The van der Waals surface area contributed by atoms with Crippen LogP contribution in [0.3, 0.4) is 0 Å². The summed E-state index contributed by atoms with van der Waals surface area (Å²) < 4.78 is 33.0. The lowest BCUT2D eigenvalue weighted by Gasteiger charge is -2.19. The molecule has 9 nitrogen and oxygen atoms in total. The lowest BCUT2D eigenvalue weighted by Crippen LogP contribution is -2.29. The molecule has 0 spiro atoms. The van der Waals surface area contributed by atoms with E-state index in [1.165, 1.54) is 231 Å². The zero-order chi connectivity index (χ0) is 47.4. The summed E-state index contributed by atoms with van der Waals surface area (Å²) in [4.78, 5) is 35.1. The number of unbranched alkanes of at least 4 members (excludes halogenated alkanes) is 39. The molecule has 0 aliphatic carbocycles. The summed E-state index contributed by atoms with van der Waals surface area (Å²) in [5.41, 5.74) is 5.38. The molecule has 0 aliphatic rings. The first-order valence-corrected chi connectivity index (χ1v) is 29.7. The summed E-state index contributed by atoms with van der Waals surface area (Å²) in [5, 5.41) is 0. The summed E-state index contributed by atoms with van der Waals surface area (Å²) in [6.07, 6.45) is 58.3. The van der Waals surface area contributed by atoms with Gasteiger partial charge < -0.3 is 20.1 Å². The quantitative estimate of drug-likeness (QED) is 0.0264. The second-order valence-corrected chi connectivity index (χ2v) is 20.6. The van der Waals surface area contributed by atoms with Crippen LogP contribution in [0.25, 0.3) is 0 Å². The second-order valence-electron chi connectivity index (χ2n) is 19.2. The number of hydrogen-bond acceptors (Lipinski definition) is 8. The molecule has 0 aromatic carbocycles. The van der Waals surface area contributed by atoms with Crippen molar-refractivity contribution in [2.45, 2.75) is 302 Å². The summed E-state index contributed by atoms with van der Waals surface area (Å²) >= 11 is 0. The lowest BCUT2D eigenvalue weighted by molar-refractivity contribution is -0.161. The number of esters is 2. The Bertz CT molecular complexity index is 1070. The van der Waals surface area contributed by atoms with Crippen molar-refractivity contribution in [2.24, 2.45) is 5.73 Å². The minimum atomic E-state index is -4.38. The Kier molecular flexibility index (Phi) is 51.1. The Morgan fingerprint density at radius 2 is 0.754 bits per heavy atom.